The van der Waals surface area contributed by atoms with Gasteiger partial charge in [-0.1, -0.05) is 30.3 Å². The molecule has 1 saturated heterocycles. The summed E-state index contributed by atoms with van der Waals surface area (Å²) in [4.78, 5) is 13.8. The molecule has 2 aromatic rings. The van der Waals surface area contributed by atoms with E-state index in [4.69, 9.17) is 9.47 Å². The molecular formula is C20H24N2O5S. The van der Waals surface area contributed by atoms with Crippen LogP contribution in [-0.2, 0) is 21.2 Å². The zero-order valence-corrected chi connectivity index (χ0v) is 16.4. The molecule has 1 aliphatic heterocycles. The molecule has 3 rings (SSSR count). The highest BCUT2D eigenvalue weighted by molar-refractivity contribution is 7.91. The number of hydrogen-bond acceptors (Lipinski definition) is 5. The van der Waals surface area contributed by atoms with Crippen molar-refractivity contribution in [2.45, 2.75) is 6.61 Å². The van der Waals surface area contributed by atoms with Crippen LogP contribution < -0.4 is 10.1 Å². The molecule has 2 aromatic carbocycles. The first-order chi connectivity index (χ1) is 13.5. The molecule has 0 saturated carbocycles. The monoisotopic (exact) mass is 404 g/mol. The summed E-state index contributed by atoms with van der Waals surface area (Å²) in [5.74, 6) is 0.833. The molecule has 2 amide bonds. The van der Waals surface area contributed by atoms with E-state index in [1.54, 1.807) is 6.07 Å². The molecule has 7 nitrogen and oxygen atoms in total. The van der Waals surface area contributed by atoms with Gasteiger partial charge >= 0.3 is 6.03 Å². The van der Waals surface area contributed by atoms with E-state index in [2.05, 4.69) is 5.32 Å². The number of benzene rings is 2. The third-order valence-electron chi connectivity index (χ3n) is 4.32. The lowest BCUT2D eigenvalue weighted by Crippen LogP contribution is -2.45. The van der Waals surface area contributed by atoms with Gasteiger partial charge in [-0.3, -0.25) is 0 Å². The third kappa shape index (κ3) is 6.24. The summed E-state index contributed by atoms with van der Waals surface area (Å²) in [5, 5.41) is 2.81. The lowest BCUT2D eigenvalue weighted by atomic mass is 10.2. The van der Waals surface area contributed by atoms with E-state index < -0.39 is 9.84 Å². The van der Waals surface area contributed by atoms with Gasteiger partial charge in [0.25, 0.3) is 0 Å². The normalized spacial score (nSPS) is 15.8. The van der Waals surface area contributed by atoms with Crippen molar-refractivity contribution in [1.29, 1.82) is 0 Å². The average molecular weight is 404 g/mol. The molecule has 0 aromatic heterocycles. The molecular weight excluding hydrogens is 380 g/mol. The van der Waals surface area contributed by atoms with Crippen LogP contribution in [0, 0.1) is 0 Å². The Balaban J connectivity index is 1.41. The van der Waals surface area contributed by atoms with Crippen molar-refractivity contribution in [1.82, 2.24) is 4.90 Å². The third-order valence-corrected chi connectivity index (χ3v) is 5.93. The Hall–Kier alpha value is -2.58. The maximum Gasteiger partial charge on any atom is 0.321 e. The van der Waals surface area contributed by atoms with Gasteiger partial charge in [-0.2, -0.15) is 0 Å². The van der Waals surface area contributed by atoms with Gasteiger partial charge in [0.15, 0.2) is 9.84 Å². The summed E-state index contributed by atoms with van der Waals surface area (Å²) in [6.07, 6.45) is 0. The van der Waals surface area contributed by atoms with Crippen LogP contribution in [0.5, 0.6) is 5.75 Å². The number of nitrogens with zero attached hydrogens (tertiary/aromatic N) is 1. The Morgan fingerprint density at radius 3 is 2.50 bits per heavy atom. The number of amides is 2. The summed E-state index contributed by atoms with van der Waals surface area (Å²) in [5.41, 5.74) is 1.58. The first-order valence-electron chi connectivity index (χ1n) is 9.13. The van der Waals surface area contributed by atoms with Crippen molar-refractivity contribution in [3.8, 4) is 5.75 Å². The van der Waals surface area contributed by atoms with Crippen molar-refractivity contribution < 1.29 is 22.7 Å². The summed E-state index contributed by atoms with van der Waals surface area (Å²) in [6, 6.07) is 16.7. The molecule has 1 fully saturated rings. The fourth-order valence-electron chi connectivity index (χ4n) is 2.78. The molecule has 0 radical (unpaired) electrons. The van der Waals surface area contributed by atoms with Gasteiger partial charge in [0.05, 0.1) is 24.7 Å². The van der Waals surface area contributed by atoms with Crippen LogP contribution in [0.1, 0.15) is 5.56 Å². The van der Waals surface area contributed by atoms with Gasteiger partial charge in [0, 0.05) is 18.8 Å². The molecule has 0 unspecified atom stereocenters. The molecule has 0 atom stereocenters. The summed E-state index contributed by atoms with van der Waals surface area (Å²) < 4.78 is 34.1. The largest absolute Gasteiger partial charge is 0.491 e. The highest BCUT2D eigenvalue weighted by Crippen LogP contribution is 2.14. The molecule has 8 heteroatoms. The first kappa shape index (κ1) is 20.2. The van der Waals surface area contributed by atoms with Gasteiger partial charge in [-0.05, 0) is 29.8 Å². The second-order valence-electron chi connectivity index (χ2n) is 6.48. The molecule has 0 spiro atoms. The molecule has 1 N–H and O–H groups in total. The van der Waals surface area contributed by atoms with Gasteiger partial charge in [-0.25, -0.2) is 13.2 Å². The summed E-state index contributed by atoms with van der Waals surface area (Å²) in [6.45, 7) is 1.76. The topological polar surface area (TPSA) is 84.9 Å². The first-order valence-corrected chi connectivity index (χ1v) is 10.9. The van der Waals surface area contributed by atoms with E-state index in [9.17, 15) is 13.2 Å². The highest BCUT2D eigenvalue weighted by atomic mass is 32.2. The van der Waals surface area contributed by atoms with Crippen molar-refractivity contribution in [3.05, 3.63) is 60.2 Å². The predicted molar refractivity (Wildman–Crippen MR) is 107 cm³/mol. The SMILES string of the molecule is O=C(Nc1cccc(COCCOc2ccccc2)c1)N1CCS(=O)(=O)CC1. The van der Waals surface area contributed by atoms with E-state index in [0.29, 0.717) is 25.5 Å². The smallest absolute Gasteiger partial charge is 0.321 e. The van der Waals surface area contributed by atoms with Crippen LogP contribution in [0.2, 0.25) is 0 Å². The lowest BCUT2D eigenvalue weighted by Gasteiger charge is -2.26. The number of anilines is 1. The zero-order chi connectivity index (χ0) is 19.8. The Labute approximate surface area is 165 Å². The standard InChI is InChI=1S/C20H24N2O5S/c23-20(22-9-13-28(24,25)14-10-22)21-18-6-4-5-17(15-18)16-26-11-12-27-19-7-2-1-3-8-19/h1-8,15H,9-14,16H2,(H,21,23). The Kier molecular flexibility index (Phi) is 6.89. The predicted octanol–water partition coefficient (Wildman–Crippen LogP) is 2.54. The fourth-order valence-corrected chi connectivity index (χ4v) is 3.98. The van der Waals surface area contributed by atoms with E-state index >= 15 is 0 Å². The van der Waals surface area contributed by atoms with Crippen molar-refractivity contribution in [3.63, 3.8) is 0 Å². The van der Waals surface area contributed by atoms with E-state index in [-0.39, 0.29) is 30.6 Å². The van der Waals surface area contributed by atoms with Gasteiger partial charge < -0.3 is 19.7 Å². The van der Waals surface area contributed by atoms with Crippen molar-refractivity contribution in [2.24, 2.45) is 0 Å². The molecule has 1 heterocycles. The summed E-state index contributed by atoms with van der Waals surface area (Å²) in [7, 11) is -3.01. The van der Waals surface area contributed by atoms with E-state index in [1.165, 1.54) is 4.90 Å². The quantitative estimate of drug-likeness (QED) is 0.717. The number of hydrogen-bond donors (Lipinski definition) is 1. The Morgan fingerprint density at radius 1 is 1.00 bits per heavy atom. The molecule has 0 aliphatic carbocycles. The van der Waals surface area contributed by atoms with Crippen molar-refractivity contribution >= 4 is 21.6 Å². The molecule has 150 valence electrons. The number of carbonyl (C=O) groups excluding carboxylic acids is 1. The minimum atomic E-state index is -3.01. The highest BCUT2D eigenvalue weighted by Gasteiger charge is 2.24. The van der Waals surface area contributed by atoms with Crippen LogP contribution in [0.4, 0.5) is 10.5 Å². The lowest BCUT2D eigenvalue weighted by molar-refractivity contribution is 0.0889. The van der Waals surface area contributed by atoms with Crippen LogP contribution in [0.15, 0.2) is 54.6 Å². The maximum absolute atomic E-state index is 12.3. The number of nitrogens with one attached hydrogen (secondary N) is 1. The number of ether oxygens (including phenoxy) is 2. The molecule has 1 aliphatic rings. The van der Waals surface area contributed by atoms with Crippen LogP contribution in [0.3, 0.4) is 0 Å². The summed E-state index contributed by atoms with van der Waals surface area (Å²) >= 11 is 0. The minimum absolute atomic E-state index is 0.0132. The van der Waals surface area contributed by atoms with E-state index in [1.807, 2.05) is 48.5 Å². The van der Waals surface area contributed by atoms with Crippen LogP contribution >= 0.6 is 0 Å². The minimum Gasteiger partial charge on any atom is -0.491 e. The van der Waals surface area contributed by atoms with Crippen LogP contribution in [-0.4, -0.2) is 57.2 Å². The fraction of sp³-hybridized carbons (Fsp3) is 0.350. The van der Waals surface area contributed by atoms with Gasteiger partial charge in [0.1, 0.15) is 12.4 Å². The zero-order valence-electron chi connectivity index (χ0n) is 15.5. The second kappa shape index (κ2) is 9.57. The maximum atomic E-state index is 12.3. The Bertz CT molecular complexity index is 872. The van der Waals surface area contributed by atoms with Gasteiger partial charge in [0.2, 0.25) is 0 Å². The Morgan fingerprint density at radius 2 is 1.75 bits per heavy atom. The number of rotatable bonds is 7. The van der Waals surface area contributed by atoms with Crippen molar-refractivity contribution in [2.75, 3.05) is 43.1 Å². The number of sulfone groups is 1. The average Bonchev–Trinajstić information content (AvgIpc) is 2.69. The van der Waals surface area contributed by atoms with Gasteiger partial charge in [-0.15, -0.1) is 0 Å². The number of urea groups is 1. The number of para-hydroxylation sites is 1. The second-order valence-corrected chi connectivity index (χ2v) is 8.79. The molecule has 0 bridgehead atoms. The van der Waals surface area contributed by atoms with Crippen LogP contribution in [0.25, 0.3) is 0 Å². The number of carbonyl (C=O) groups is 1. The molecule has 28 heavy (non-hydrogen) atoms. The van der Waals surface area contributed by atoms with E-state index in [0.717, 1.165) is 11.3 Å².